The van der Waals surface area contributed by atoms with Crippen LogP contribution < -0.4 is 0 Å². The van der Waals surface area contributed by atoms with Crippen molar-refractivity contribution < 1.29 is 0 Å². The molecule has 2 N–H and O–H groups in total. The van der Waals surface area contributed by atoms with Crippen LogP contribution in [0, 0.1) is 10.8 Å². The highest BCUT2D eigenvalue weighted by Gasteiger charge is 2.19. The van der Waals surface area contributed by atoms with Crippen molar-refractivity contribution in [3.8, 4) is 16.8 Å². The van der Waals surface area contributed by atoms with Crippen LogP contribution in [0.1, 0.15) is 11.1 Å². The van der Waals surface area contributed by atoms with Crippen LogP contribution in [-0.4, -0.2) is 16.0 Å². The monoisotopic (exact) mass is 547 g/mol. The zero-order valence-corrected chi connectivity index (χ0v) is 23.2. The van der Waals surface area contributed by atoms with Crippen LogP contribution in [0.2, 0.25) is 0 Å². The van der Waals surface area contributed by atoms with Gasteiger partial charge in [0.1, 0.15) is 0 Å². The van der Waals surface area contributed by atoms with Crippen molar-refractivity contribution in [3.05, 3.63) is 145 Å². The smallest absolute Gasteiger partial charge is 0.0873 e. The Morgan fingerprint density at radius 1 is 0.465 bits per heavy atom. The Hall–Kier alpha value is -5.80. The second-order valence-corrected chi connectivity index (χ2v) is 11.4. The Balaban J connectivity index is 1.31. The molecule has 9 rings (SSSR count). The number of nitrogens with zero attached hydrogens (tertiary/aromatic N) is 1. The van der Waals surface area contributed by atoms with Crippen molar-refractivity contribution in [3.63, 3.8) is 0 Å². The molecule has 8 aromatic rings. The average Bonchev–Trinajstić information content (AvgIpc) is 3.38. The molecule has 0 aliphatic heterocycles. The van der Waals surface area contributed by atoms with Gasteiger partial charge in [-0.15, -0.1) is 0 Å². The number of hydrogen-bond donors (Lipinski definition) is 2. The summed E-state index contributed by atoms with van der Waals surface area (Å²) in [6, 6.07) is 45.8. The van der Waals surface area contributed by atoms with Crippen molar-refractivity contribution in [2.75, 3.05) is 0 Å². The topological polar surface area (TPSA) is 52.6 Å². The minimum Gasteiger partial charge on any atom is -0.309 e. The molecule has 0 saturated heterocycles. The first-order valence-electron chi connectivity index (χ1n) is 14.5. The van der Waals surface area contributed by atoms with Crippen molar-refractivity contribution in [1.29, 1.82) is 10.8 Å². The van der Waals surface area contributed by atoms with Crippen LogP contribution in [0.5, 0.6) is 0 Å². The first-order chi connectivity index (χ1) is 21.1. The molecule has 7 aromatic carbocycles. The van der Waals surface area contributed by atoms with Crippen molar-refractivity contribution in [2.45, 2.75) is 0 Å². The molecular weight excluding hydrogens is 522 g/mol. The zero-order valence-electron chi connectivity index (χ0n) is 23.2. The number of allylic oxidation sites excluding steroid dienone is 1. The van der Waals surface area contributed by atoms with Gasteiger partial charge in [0, 0.05) is 22.0 Å². The van der Waals surface area contributed by atoms with E-state index in [0.29, 0.717) is 0 Å². The number of nitrogens with one attached hydrogen (secondary N) is 2. The van der Waals surface area contributed by atoms with Gasteiger partial charge in [-0.25, -0.2) is 0 Å². The van der Waals surface area contributed by atoms with Gasteiger partial charge in [0.15, 0.2) is 0 Å². The molecule has 3 heteroatoms. The highest BCUT2D eigenvalue weighted by molar-refractivity contribution is 6.53. The van der Waals surface area contributed by atoms with Gasteiger partial charge in [0.25, 0.3) is 0 Å². The van der Waals surface area contributed by atoms with E-state index >= 15 is 0 Å². The van der Waals surface area contributed by atoms with Crippen LogP contribution >= 0.6 is 0 Å². The summed E-state index contributed by atoms with van der Waals surface area (Å²) in [5, 5.41) is 26.5. The van der Waals surface area contributed by atoms with E-state index in [1.54, 1.807) is 6.08 Å². The predicted molar refractivity (Wildman–Crippen MR) is 182 cm³/mol. The Morgan fingerprint density at radius 2 is 1.19 bits per heavy atom. The Morgan fingerprint density at radius 3 is 2.07 bits per heavy atom. The SMILES string of the molecule is N=C1C=Cc2ccc3ccc(-c4cccc(-n5c6cc7ccccc7cc6c6c7ccccc7ccc65)c4)cc3c2C1=N. The molecule has 1 aliphatic carbocycles. The van der Waals surface area contributed by atoms with Gasteiger partial charge in [-0.3, -0.25) is 10.8 Å². The van der Waals surface area contributed by atoms with Crippen LogP contribution in [0.4, 0.5) is 0 Å². The van der Waals surface area contributed by atoms with Crippen LogP contribution in [0.25, 0.3) is 77.0 Å². The number of rotatable bonds is 2. The summed E-state index contributed by atoms with van der Waals surface area (Å²) in [4.78, 5) is 0. The minimum absolute atomic E-state index is 0.249. The van der Waals surface area contributed by atoms with Crippen LogP contribution in [0.15, 0.2) is 133 Å². The molecule has 0 fully saturated rings. The summed E-state index contributed by atoms with van der Waals surface area (Å²) in [6.07, 6.45) is 3.65. The van der Waals surface area contributed by atoms with Crippen LogP contribution in [-0.2, 0) is 0 Å². The third-order valence-electron chi connectivity index (χ3n) is 8.96. The highest BCUT2D eigenvalue weighted by Crippen LogP contribution is 2.39. The summed E-state index contributed by atoms with van der Waals surface area (Å²) >= 11 is 0. The van der Waals surface area contributed by atoms with Crippen molar-refractivity contribution in [2.24, 2.45) is 0 Å². The third-order valence-corrected chi connectivity index (χ3v) is 8.96. The molecule has 1 aliphatic rings. The summed E-state index contributed by atoms with van der Waals surface area (Å²) in [5.41, 5.74) is 8.04. The first kappa shape index (κ1) is 23.9. The van der Waals surface area contributed by atoms with E-state index < -0.39 is 0 Å². The standard InChI is InChI=1S/C40H25N3/c41-35-18-16-26-14-12-25-13-15-30(21-33(25)38(26)40(35)42)27-9-5-10-31(20-27)43-36-19-17-24-6-3-4-11-32(24)39(36)34-22-28-7-1-2-8-29(28)23-37(34)43/h1-23,41-42H. The van der Waals surface area contributed by atoms with E-state index in [0.717, 1.165) is 38.7 Å². The van der Waals surface area contributed by atoms with Gasteiger partial charge in [-0.1, -0.05) is 97.1 Å². The van der Waals surface area contributed by atoms with Gasteiger partial charge < -0.3 is 4.57 Å². The molecular formula is C40H25N3. The molecule has 0 bridgehead atoms. The summed E-state index contributed by atoms with van der Waals surface area (Å²) < 4.78 is 2.40. The molecule has 0 amide bonds. The fourth-order valence-electron chi connectivity index (χ4n) is 6.90. The van der Waals surface area contributed by atoms with Gasteiger partial charge in [0.05, 0.1) is 22.5 Å². The Labute approximate surface area is 248 Å². The zero-order chi connectivity index (χ0) is 28.7. The number of aromatic nitrogens is 1. The second-order valence-electron chi connectivity index (χ2n) is 11.4. The maximum Gasteiger partial charge on any atom is 0.0873 e. The molecule has 3 nitrogen and oxygen atoms in total. The lowest BCUT2D eigenvalue weighted by Crippen LogP contribution is -2.16. The predicted octanol–water partition coefficient (Wildman–Crippen LogP) is 10.3. The van der Waals surface area contributed by atoms with E-state index in [9.17, 15) is 0 Å². The number of benzene rings is 7. The Bertz CT molecular complexity index is 2540. The molecule has 43 heavy (non-hydrogen) atoms. The van der Waals surface area contributed by atoms with E-state index in [1.165, 1.54) is 43.4 Å². The largest absolute Gasteiger partial charge is 0.309 e. The van der Waals surface area contributed by atoms with Gasteiger partial charge >= 0.3 is 0 Å². The molecule has 0 unspecified atom stereocenters. The van der Waals surface area contributed by atoms with Crippen molar-refractivity contribution >= 4 is 71.6 Å². The second kappa shape index (κ2) is 8.85. The maximum atomic E-state index is 8.65. The minimum atomic E-state index is 0.249. The normalized spacial score (nSPS) is 13.1. The fourth-order valence-corrected chi connectivity index (χ4v) is 6.90. The molecule has 1 heterocycles. The van der Waals surface area contributed by atoms with E-state index in [4.69, 9.17) is 10.8 Å². The van der Waals surface area contributed by atoms with Gasteiger partial charge in [-0.05, 0) is 91.5 Å². The molecule has 200 valence electrons. The van der Waals surface area contributed by atoms with E-state index in [2.05, 4.69) is 126 Å². The lowest BCUT2D eigenvalue weighted by molar-refractivity contribution is 1.18. The lowest BCUT2D eigenvalue weighted by Gasteiger charge is -2.16. The van der Waals surface area contributed by atoms with Gasteiger partial charge in [-0.2, -0.15) is 0 Å². The molecule has 0 saturated carbocycles. The maximum absolute atomic E-state index is 8.65. The number of fused-ring (bicyclic) bond motifs is 9. The van der Waals surface area contributed by atoms with Crippen LogP contribution in [0.3, 0.4) is 0 Å². The Kier molecular flexibility index (Phi) is 4.91. The molecule has 0 atom stereocenters. The quantitative estimate of drug-likeness (QED) is 0.216. The summed E-state index contributed by atoms with van der Waals surface area (Å²) in [5.74, 6) is 0. The average molecular weight is 548 g/mol. The summed E-state index contributed by atoms with van der Waals surface area (Å²) in [6.45, 7) is 0. The lowest BCUT2D eigenvalue weighted by atomic mass is 9.88. The fraction of sp³-hybridized carbons (Fsp3) is 0. The molecule has 0 radical (unpaired) electrons. The van der Waals surface area contributed by atoms with Crippen molar-refractivity contribution in [1.82, 2.24) is 4.57 Å². The third kappa shape index (κ3) is 3.49. The van der Waals surface area contributed by atoms with E-state index in [1.807, 2.05) is 12.1 Å². The van der Waals surface area contributed by atoms with E-state index in [-0.39, 0.29) is 11.4 Å². The highest BCUT2D eigenvalue weighted by atomic mass is 15.0. The van der Waals surface area contributed by atoms with Gasteiger partial charge in [0.2, 0.25) is 0 Å². The number of hydrogen-bond acceptors (Lipinski definition) is 2. The summed E-state index contributed by atoms with van der Waals surface area (Å²) in [7, 11) is 0. The molecule has 0 spiro atoms. The first-order valence-corrected chi connectivity index (χ1v) is 14.5. The molecule has 1 aromatic heterocycles.